The maximum Gasteiger partial charge on any atom is 0.263 e. The lowest BCUT2D eigenvalue weighted by atomic mass is 10.2. The zero-order valence-electron chi connectivity index (χ0n) is 25.3. The van der Waals surface area contributed by atoms with Crippen LogP contribution < -0.4 is 29.6 Å². The number of sulfonamides is 2. The van der Waals surface area contributed by atoms with Gasteiger partial charge < -0.3 is 20.1 Å². The maximum absolute atomic E-state index is 13.2. The fourth-order valence-corrected chi connectivity index (χ4v) is 8.02. The summed E-state index contributed by atoms with van der Waals surface area (Å²) in [4.78, 5) is 25.7. The second-order valence-electron chi connectivity index (χ2n) is 10.4. The number of halogens is 2. The number of benzene rings is 4. The van der Waals surface area contributed by atoms with Crippen molar-refractivity contribution in [3.8, 4) is 11.5 Å². The summed E-state index contributed by atoms with van der Waals surface area (Å²) >= 11 is 12.4. The number of carbonyl (C=O) groups excluding carboxylic acids is 2. The lowest BCUT2D eigenvalue weighted by Crippen LogP contribution is -2.21. The number of anilines is 4. The Bertz CT molecular complexity index is 2010. The van der Waals surface area contributed by atoms with Crippen LogP contribution in [0.1, 0.15) is 0 Å². The minimum Gasteiger partial charge on any atom is -0.495 e. The molecule has 12 nitrogen and oxygen atoms in total. The molecule has 0 unspecified atom stereocenters. The molecule has 0 aliphatic heterocycles. The molecule has 0 heterocycles. The van der Waals surface area contributed by atoms with Gasteiger partial charge in [-0.25, -0.2) is 16.8 Å². The molecule has 0 bridgehead atoms. The molecule has 0 radical (unpaired) electrons. The number of para-hydroxylation sites is 4. The van der Waals surface area contributed by atoms with Crippen molar-refractivity contribution in [1.82, 2.24) is 0 Å². The molecule has 250 valence electrons. The van der Waals surface area contributed by atoms with Gasteiger partial charge in [0, 0.05) is 11.4 Å². The number of ether oxygens (including phenoxy) is 2. The topological polar surface area (TPSA) is 169 Å². The van der Waals surface area contributed by atoms with E-state index < -0.39 is 43.7 Å². The summed E-state index contributed by atoms with van der Waals surface area (Å²) in [5.74, 6) is -2.50. The molecule has 2 amide bonds. The molecular formula is C32H28Cl2N4O8S2. The van der Waals surface area contributed by atoms with Crippen LogP contribution in [0.4, 0.5) is 22.7 Å². The van der Waals surface area contributed by atoms with Crippen molar-refractivity contribution in [2.24, 2.45) is 11.8 Å². The first-order chi connectivity index (χ1) is 22.8. The SMILES string of the molecule is C=C1[C@@H](C(=O)Nc2ccc(Cl)c(S(=O)(=O)Nc3ccccc3OC)c2)[C@@H]1C(=O)Nc1ccc(Cl)c(S(=O)(=O)Nc2ccccc2OC)c1. The number of carbonyl (C=O) groups is 2. The molecule has 1 aliphatic rings. The molecule has 5 rings (SSSR count). The molecule has 0 aromatic heterocycles. The average Bonchev–Trinajstić information content (AvgIpc) is 3.73. The Balaban J connectivity index is 1.27. The van der Waals surface area contributed by atoms with Crippen LogP contribution in [0.2, 0.25) is 10.0 Å². The van der Waals surface area contributed by atoms with E-state index >= 15 is 0 Å². The molecule has 16 heteroatoms. The largest absolute Gasteiger partial charge is 0.495 e. The quantitative estimate of drug-likeness (QED) is 0.129. The molecular weight excluding hydrogens is 703 g/mol. The Labute approximate surface area is 287 Å². The van der Waals surface area contributed by atoms with Crippen LogP contribution in [0.15, 0.2) is 107 Å². The number of amides is 2. The molecule has 4 N–H and O–H groups in total. The number of hydrogen-bond acceptors (Lipinski definition) is 8. The molecule has 4 aromatic carbocycles. The van der Waals surface area contributed by atoms with E-state index in [-0.39, 0.29) is 42.6 Å². The number of nitrogens with one attached hydrogen (secondary N) is 4. The summed E-state index contributed by atoms with van der Waals surface area (Å²) < 4.78 is 68.0. The second-order valence-corrected chi connectivity index (χ2v) is 14.5. The minimum atomic E-state index is -4.21. The van der Waals surface area contributed by atoms with Gasteiger partial charge in [0.1, 0.15) is 21.3 Å². The highest BCUT2D eigenvalue weighted by atomic mass is 35.5. The molecule has 48 heavy (non-hydrogen) atoms. The molecule has 1 saturated carbocycles. The Morgan fingerprint density at radius 3 is 1.40 bits per heavy atom. The zero-order chi connectivity index (χ0) is 34.8. The van der Waals surface area contributed by atoms with Crippen molar-refractivity contribution < 1.29 is 35.9 Å². The van der Waals surface area contributed by atoms with E-state index in [0.717, 1.165) is 0 Å². The van der Waals surface area contributed by atoms with E-state index in [1.807, 2.05) is 0 Å². The molecule has 1 aliphatic carbocycles. The summed E-state index contributed by atoms with van der Waals surface area (Å²) in [6.07, 6.45) is 0. The van der Waals surface area contributed by atoms with E-state index in [9.17, 15) is 26.4 Å². The van der Waals surface area contributed by atoms with E-state index in [1.54, 1.807) is 36.4 Å². The molecule has 2 atom stereocenters. The van der Waals surface area contributed by atoms with Crippen molar-refractivity contribution >= 4 is 77.8 Å². The maximum atomic E-state index is 13.2. The van der Waals surface area contributed by atoms with Crippen LogP contribution in [-0.2, 0) is 29.6 Å². The van der Waals surface area contributed by atoms with Gasteiger partial charge in [-0.1, -0.05) is 59.6 Å². The van der Waals surface area contributed by atoms with E-state index in [4.69, 9.17) is 32.7 Å². The summed E-state index contributed by atoms with van der Waals surface area (Å²) in [6.45, 7) is 3.82. The van der Waals surface area contributed by atoms with Crippen molar-refractivity contribution in [1.29, 1.82) is 0 Å². The van der Waals surface area contributed by atoms with Crippen molar-refractivity contribution in [3.63, 3.8) is 0 Å². The second kappa shape index (κ2) is 13.8. The van der Waals surface area contributed by atoms with E-state index in [1.165, 1.54) is 62.8 Å². The Hall–Kier alpha value is -4.76. The fourth-order valence-electron chi connectivity index (χ4n) is 4.83. The summed E-state index contributed by atoms with van der Waals surface area (Å²) in [5.41, 5.74) is 0.903. The highest BCUT2D eigenvalue weighted by Crippen LogP contribution is 2.46. The van der Waals surface area contributed by atoms with Crippen molar-refractivity contribution in [2.75, 3.05) is 34.3 Å². The van der Waals surface area contributed by atoms with Gasteiger partial charge in [-0.3, -0.25) is 19.0 Å². The van der Waals surface area contributed by atoms with Crippen LogP contribution in [0.5, 0.6) is 11.5 Å². The average molecular weight is 732 g/mol. The molecule has 1 fully saturated rings. The lowest BCUT2D eigenvalue weighted by molar-refractivity contribution is -0.122. The van der Waals surface area contributed by atoms with Gasteiger partial charge in [0.15, 0.2) is 0 Å². The molecule has 4 aromatic rings. The van der Waals surface area contributed by atoms with Crippen LogP contribution in [0.25, 0.3) is 0 Å². The number of hydrogen-bond donors (Lipinski definition) is 4. The predicted molar refractivity (Wildman–Crippen MR) is 184 cm³/mol. The van der Waals surface area contributed by atoms with E-state index in [0.29, 0.717) is 17.1 Å². The smallest absolute Gasteiger partial charge is 0.263 e. The Kier molecular flexibility index (Phi) is 9.91. The van der Waals surface area contributed by atoms with Gasteiger partial charge in [0.05, 0.1) is 47.5 Å². The number of methoxy groups -OCH3 is 2. The van der Waals surface area contributed by atoms with Gasteiger partial charge in [0.25, 0.3) is 20.0 Å². The lowest BCUT2D eigenvalue weighted by Gasteiger charge is -2.14. The Morgan fingerprint density at radius 2 is 1.02 bits per heavy atom. The van der Waals surface area contributed by atoms with Gasteiger partial charge in [-0.15, -0.1) is 0 Å². The standard InChI is InChI=1S/C32H28Cl2N4O8S2/c1-18-29(31(39)35-19-12-14-21(33)27(16-19)47(41,42)37-23-8-4-6-10-25(23)45-2)30(18)32(40)36-20-13-15-22(34)28(17-20)48(43,44)38-24-9-5-7-11-26(24)46-3/h4-17,29-30,37-38H,1H2,2-3H3,(H,35,39)(H,36,40)/t29-,30-/m1/s1. The molecule has 0 saturated heterocycles. The van der Waals surface area contributed by atoms with Crippen molar-refractivity contribution in [2.45, 2.75) is 9.79 Å². The third-order valence-corrected chi connectivity index (χ3v) is 11.0. The zero-order valence-corrected chi connectivity index (χ0v) is 28.4. The van der Waals surface area contributed by atoms with Crippen LogP contribution in [0, 0.1) is 11.8 Å². The first kappa shape index (κ1) is 34.6. The van der Waals surface area contributed by atoms with Gasteiger partial charge in [0.2, 0.25) is 11.8 Å². The summed E-state index contributed by atoms with van der Waals surface area (Å²) in [6, 6.07) is 20.6. The number of rotatable bonds is 12. The van der Waals surface area contributed by atoms with Crippen molar-refractivity contribution in [3.05, 3.63) is 107 Å². The fraction of sp³-hybridized carbons (Fsp3) is 0.125. The predicted octanol–water partition coefficient (Wildman–Crippen LogP) is 5.99. The van der Waals surface area contributed by atoms with Gasteiger partial charge >= 0.3 is 0 Å². The highest BCUT2D eigenvalue weighted by Gasteiger charge is 2.52. The molecule has 0 spiro atoms. The van der Waals surface area contributed by atoms with Crippen LogP contribution in [-0.4, -0.2) is 42.9 Å². The summed E-state index contributed by atoms with van der Waals surface area (Å²) in [5, 5.41) is 5.03. The Morgan fingerprint density at radius 1 is 0.646 bits per heavy atom. The van der Waals surface area contributed by atoms with Crippen LogP contribution >= 0.6 is 23.2 Å². The van der Waals surface area contributed by atoms with Gasteiger partial charge in [-0.05, 0) is 60.7 Å². The monoisotopic (exact) mass is 730 g/mol. The van der Waals surface area contributed by atoms with Crippen LogP contribution in [0.3, 0.4) is 0 Å². The van der Waals surface area contributed by atoms with Gasteiger partial charge in [-0.2, -0.15) is 0 Å². The third-order valence-electron chi connectivity index (χ3n) is 7.27. The normalized spacial score (nSPS) is 15.6. The highest BCUT2D eigenvalue weighted by molar-refractivity contribution is 7.93. The van der Waals surface area contributed by atoms with E-state index in [2.05, 4.69) is 26.7 Å². The first-order valence-electron chi connectivity index (χ1n) is 14.0. The first-order valence-corrected chi connectivity index (χ1v) is 17.7. The third kappa shape index (κ3) is 7.36. The summed E-state index contributed by atoms with van der Waals surface area (Å²) in [7, 11) is -5.62. The minimum absolute atomic E-state index is 0.0917.